The molecule has 3 atom stereocenters. The minimum absolute atomic E-state index is 0.000579. The minimum Gasteiger partial charge on any atom is -0.396 e. The first-order chi connectivity index (χ1) is 4.64. The van der Waals surface area contributed by atoms with Crippen LogP contribution in [0.25, 0.3) is 0 Å². The third kappa shape index (κ3) is 1.18. The highest BCUT2D eigenvalue weighted by Gasteiger charge is 2.46. The fourth-order valence-electron chi connectivity index (χ4n) is 1.63. The topological polar surface area (TPSA) is 46.2 Å². The van der Waals surface area contributed by atoms with Crippen LogP contribution in [0.3, 0.4) is 0 Å². The summed E-state index contributed by atoms with van der Waals surface area (Å²) in [4.78, 5) is 0. The van der Waals surface area contributed by atoms with Crippen molar-refractivity contribution in [1.29, 1.82) is 0 Å². The van der Waals surface area contributed by atoms with Crippen LogP contribution < -0.4 is 5.73 Å². The number of aliphatic hydroxyl groups is 1. The maximum atomic E-state index is 9.03. The van der Waals surface area contributed by atoms with Gasteiger partial charge in [-0.25, -0.2) is 0 Å². The molecule has 0 radical (unpaired) electrons. The van der Waals surface area contributed by atoms with E-state index in [0.29, 0.717) is 12.5 Å². The molecule has 0 aromatic rings. The normalized spacial score (nSPS) is 37.2. The van der Waals surface area contributed by atoms with E-state index in [4.69, 9.17) is 10.8 Å². The van der Waals surface area contributed by atoms with Gasteiger partial charge in [-0.05, 0) is 18.3 Å². The Morgan fingerprint density at radius 3 is 2.30 bits per heavy atom. The molecule has 0 saturated heterocycles. The summed E-state index contributed by atoms with van der Waals surface area (Å²) in [7, 11) is 0. The second kappa shape index (κ2) is 2.51. The predicted octanol–water partition coefficient (Wildman–Crippen LogP) is 0.600. The standard InChI is InChI=1S/C8H17NO/c1-6-3-7(6)8(2,4-9)5-10/h6-7,10H,3-5,9H2,1-2H3. The second-order valence-electron chi connectivity index (χ2n) is 3.84. The Hall–Kier alpha value is -0.0800. The summed E-state index contributed by atoms with van der Waals surface area (Å²) in [6.07, 6.45) is 1.24. The van der Waals surface area contributed by atoms with Gasteiger partial charge in [-0.15, -0.1) is 0 Å². The maximum Gasteiger partial charge on any atom is 0.0499 e. The molecule has 0 spiro atoms. The highest BCUT2D eigenvalue weighted by Crippen LogP contribution is 2.49. The molecule has 1 fully saturated rings. The molecule has 0 aromatic heterocycles. The van der Waals surface area contributed by atoms with Crippen molar-refractivity contribution in [2.45, 2.75) is 20.3 Å². The minimum atomic E-state index is -0.000579. The van der Waals surface area contributed by atoms with Gasteiger partial charge in [-0.1, -0.05) is 13.8 Å². The quantitative estimate of drug-likeness (QED) is 0.607. The summed E-state index contributed by atoms with van der Waals surface area (Å²) in [5, 5.41) is 9.03. The zero-order valence-electron chi connectivity index (χ0n) is 6.80. The molecule has 2 nitrogen and oxygen atoms in total. The Bertz CT molecular complexity index is 120. The van der Waals surface area contributed by atoms with Gasteiger partial charge in [0, 0.05) is 18.6 Å². The Labute approximate surface area is 62.4 Å². The zero-order valence-corrected chi connectivity index (χ0v) is 6.80. The lowest BCUT2D eigenvalue weighted by molar-refractivity contribution is 0.122. The SMILES string of the molecule is CC1CC1C(C)(CN)CO. The predicted molar refractivity (Wildman–Crippen MR) is 41.5 cm³/mol. The number of nitrogens with two attached hydrogens (primary N) is 1. The zero-order chi connectivity index (χ0) is 7.78. The van der Waals surface area contributed by atoms with Gasteiger partial charge in [0.25, 0.3) is 0 Å². The summed E-state index contributed by atoms with van der Waals surface area (Å²) in [6, 6.07) is 0. The molecule has 0 aliphatic heterocycles. The molecule has 0 heterocycles. The highest BCUT2D eigenvalue weighted by molar-refractivity contribution is 4.96. The lowest BCUT2D eigenvalue weighted by atomic mass is 9.85. The van der Waals surface area contributed by atoms with E-state index in [2.05, 4.69) is 13.8 Å². The molecule has 1 saturated carbocycles. The molecule has 10 heavy (non-hydrogen) atoms. The Balaban J connectivity index is 2.48. The first kappa shape index (κ1) is 8.02. The van der Waals surface area contributed by atoms with E-state index in [1.807, 2.05) is 0 Å². The Morgan fingerprint density at radius 1 is 1.70 bits per heavy atom. The van der Waals surface area contributed by atoms with Gasteiger partial charge < -0.3 is 10.8 Å². The fraction of sp³-hybridized carbons (Fsp3) is 1.00. The molecule has 1 aliphatic rings. The van der Waals surface area contributed by atoms with Gasteiger partial charge >= 0.3 is 0 Å². The Morgan fingerprint density at radius 2 is 2.20 bits per heavy atom. The van der Waals surface area contributed by atoms with Crippen molar-refractivity contribution in [3.05, 3.63) is 0 Å². The highest BCUT2D eigenvalue weighted by atomic mass is 16.3. The van der Waals surface area contributed by atoms with Crippen molar-refractivity contribution < 1.29 is 5.11 Å². The van der Waals surface area contributed by atoms with Gasteiger partial charge in [0.1, 0.15) is 0 Å². The van der Waals surface area contributed by atoms with E-state index >= 15 is 0 Å². The molecule has 3 unspecified atom stereocenters. The summed E-state index contributed by atoms with van der Waals surface area (Å²) in [5.74, 6) is 1.45. The van der Waals surface area contributed by atoms with Crippen molar-refractivity contribution in [2.24, 2.45) is 23.0 Å². The first-order valence-corrected chi connectivity index (χ1v) is 3.95. The third-order valence-electron chi connectivity index (χ3n) is 2.83. The van der Waals surface area contributed by atoms with Crippen molar-refractivity contribution in [1.82, 2.24) is 0 Å². The molecule has 0 bridgehead atoms. The fourth-order valence-corrected chi connectivity index (χ4v) is 1.63. The summed E-state index contributed by atoms with van der Waals surface area (Å²) in [5.41, 5.74) is 5.56. The third-order valence-corrected chi connectivity index (χ3v) is 2.83. The summed E-state index contributed by atoms with van der Waals surface area (Å²) >= 11 is 0. The monoisotopic (exact) mass is 143 g/mol. The summed E-state index contributed by atoms with van der Waals surface area (Å²) < 4.78 is 0. The van der Waals surface area contributed by atoms with Crippen molar-refractivity contribution in [2.75, 3.05) is 13.2 Å². The average molecular weight is 143 g/mol. The summed E-state index contributed by atoms with van der Waals surface area (Å²) in [6.45, 7) is 5.13. The molecule has 1 rings (SSSR count). The molecule has 1 aliphatic carbocycles. The van der Waals surface area contributed by atoms with E-state index in [-0.39, 0.29) is 12.0 Å². The Kier molecular flexibility index (Phi) is 2.02. The van der Waals surface area contributed by atoms with Crippen LogP contribution in [0.5, 0.6) is 0 Å². The molecule has 0 amide bonds. The molecule has 0 aromatic carbocycles. The van der Waals surface area contributed by atoms with Crippen LogP contribution in [0, 0.1) is 17.3 Å². The van der Waals surface area contributed by atoms with Crippen LogP contribution in [0.15, 0.2) is 0 Å². The van der Waals surface area contributed by atoms with Crippen LogP contribution in [-0.2, 0) is 0 Å². The van der Waals surface area contributed by atoms with Gasteiger partial charge in [0.15, 0.2) is 0 Å². The number of hydrogen-bond acceptors (Lipinski definition) is 2. The molecule has 60 valence electrons. The van der Waals surface area contributed by atoms with E-state index in [0.717, 1.165) is 5.92 Å². The van der Waals surface area contributed by atoms with Crippen LogP contribution >= 0.6 is 0 Å². The lowest BCUT2D eigenvalue weighted by Crippen LogP contribution is -2.33. The van der Waals surface area contributed by atoms with Gasteiger partial charge in [-0.2, -0.15) is 0 Å². The van der Waals surface area contributed by atoms with E-state index in [1.54, 1.807) is 0 Å². The lowest BCUT2D eigenvalue weighted by Gasteiger charge is -2.25. The van der Waals surface area contributed by atoms with Crippen molar-refractivity contribution in [3.8, 4) is 0 Å². The molecular weight excluding hydrogens is 126 g/mol. The van der Waals surface area contributed by atoms with Gasteiger partial charge in [0.2, 0.25) is 0 Å². The second-order valence-corrected chi connectivity index (χ2v) is 3.84. The number of aliphatic hydroxyl groups excluding tert-OH is 1. The smallest absolute Gasteiger partial charge is 0.0499 e. The molecule has 3 N–H and O–H groups in total. The van der Waals surface area contributed by atoms with E-state index in [9.17, 15) is 0 Å². The average Bonchev–Trinajstić information content (AvgIpc) is 2.66. The van der Waals surface area contributed by atoms with E-state index in [1.165, 1.54) is 6.42 Å². The largest absolute Gasteiger partial charge is 0.396 e. The number of rotatable bonds is 3. The van der Waals surface area contributed by atoms with Gasteiger partial charge in [0.05, 0.1) is 0 Å². The maximum absolute atomic E-state index is 9.03. The van der Waals surface area contributed by atoms with Crippen molar-refractivity contribution in [3.63, 3.8) is 0 Å². The van der Waals surface area contributed by atoms with E-state index < -0.39 is 0 Å². The van der Waals surface area contributed by atoms with Crippen LogP contribution in [0.1, 0.15) is 20.3 Å². The van der Waals surface area contributed by atoms with Crippen LogP contribution in [0.2, 0.25) is 0 Å². The number of hydrogen-bond donors (Lipinski definition) is 2. The molecular formula is C8H17NO. The van der Waals surface area contributed by atoms with Crippen LogP contribution in [-0.4, -0.2) is 18.3 Å². The van der Waals surface area contributed by atoms with Crippen LogP contribution in [0.4, 0.5) is 0 Å². The molecule has 2 heteroatoms. The van der Waals surface area contributed by atoms with Gasteiger partial charge in [-0.3, -0.25) is 0 Å². The first-order valence-electron chi connectivity index (χ1n) is 3.95. The van der Waals surface area contributed by atoms with Crippen molar-refractivity contribution >= 4 is 0 Å².